The van der Waals surface area contributed by atoms with Crippen molar-refractivity contribution in [2.45, 2.75) is 84.2 Å². The van der Waals surface area contributed by atoms with Crippen molar-refractivity contribution < 1.29 is 25.7 Å². The normalized spacial score (nSPS) is 33.7. The Morgan fingerprint density at radius 3 is 1.67 bits per heavy atom. The number of rotatable bonds is 3. The van der Waals surface area contributed by atoms with E-state index in [2.05, 4.69) is 49.0 Å². The van der Waals surface area contributed by atoms with Crippen LogP contribution in [0.4, 0.5) is 0 Å². The zero-order valence-electron chi connectivity index (χ0n) is 19.1. The molecule has 4 nitrogen and oxygen atoms in total. The van der Waals surface area contributed by atoms with Crippen molar-refractivity contribution in [2.24, 2.45) is 35.3 Å². The topological polar surface area (TPSA) is 74.3 Å². The van der Waals surface area contributed by atoms with Crippen LogP contribution in [0.3, 0.4) is 0 Å². The van der Waals surface area contributed by atoms with Crippen molar-refractivity contribution in [3.8, 4) is 0 Å². The van der Waals surface area contributed by atoms with E-state index in [4.69, 9.17) is 5.73 Å². The maximum atomic E-state index is 12.1. The summed E-state index contributed by atoms with van der Waals surface area (Å²) in [7, 11) is 0.964. The summed E-state index contributed by atoms with van der Waals surface area (Å²) in [4.78, 5) is 0.255. The summed E-state index contributed by atoms with van der Waals surface area (Å²) in [5, 5.41) is 0. The summed E-state index contributed by atoms with van der Waals surface area (Å²) in [5.41, 5.74) is 6.96. The van der Waals surface area contributed by atoms with Crippen molar-refractivity contribution in [1.29, 1.82) is 0 Å². The molecule has 0 bridgehead atoms. The SMILES string of the molecule is CC1C(C)C(C)C(C)C1C.Cc1ccc(S(=O)(=O)[N-][C@@H]2CCCC[C@H]2N)cc1.[Cl][Rh+2]. The van der Waals surface area contributed by atoms with Crippen molar-refractivity contribution >= 4 is 19.7 Å². The Kier molecular flexibility index (Phi) is 12.0. The van der Waals surface area contributed by atoms with Gasteiger partial charge in [0.25, 0.3) is 0 Å². The minimum atomic E-state index is -3.56. The predicted octanol–water partition coefficient (Wildman–Crippen LogP) is 6.19. The fourth-order valence-corrected chi connectivity index (χ4v) is 5.83. The Hall–Kier alpha value is 0.00338. The molecule has 2 aliphatic carbocycles. The van der Waals surface area contributed by atoms with Gasteiger partial charge in [-0.15, -0.1) is 6.04 Å². The van der Waals surface area contributed by atoms with E-state index in [1.807, 2.05) is 24.2 Å². The van der Waals surface area contributed by atoms with Crippen molar-refractivity contribution in [3.05, 3.63) is 34.6 Å². The molecule has 2 saturated carbocycles. The molecule has 2 atom stereocenters. The monoisotopic (exact) mass is 545 g/mol. The zero-order chi connectivity index (χ0) is 23.1. The molecule has 0 spiro atoms. The fourth-order valence-electron chi connectivity index (χ4n) is 4.61. The number of nitrogens with zero attached hydrogens (tertiary/aromatic N) is 1. The number of nitrogens with two attached hydrogens (primary N) is 1. The molecule has 0 heterocycles. The van der Waals surface area contributed by atoms with Crippen LogP contribution < -0.4 is 5.73 Å². The molecule has 3 rings (SSSR count). The quantitative estimate of drug-likeness (QED) is 0.460. The third kappa shape index (κ3) is 7.55. The van der Waals surface area contributed by atoms with Crippen LogP contribution in [0.5, 0.6) is 0 Å². The fraction of sp³-hybridized carbons (Fsp3) is 0.739. The first kappa shape index (κ1) is 28.0. The first-order valence-electron chi connectivity index (χ1n) is 11.0. The number of hydrogen-bond acceptors (Lipinski definition) is 3. The number of aryl methyl sites for hydroxylation is 1. The van der Waals surface area contributed by atoms with Gasteiger partial charge in [-0.25, -0.2) is 8.42 Å². The van der Waals surface area contributed by atoms with Crippen molar-refractivity contribution in [3.63, 3.8) is 0 Å². The van der Waals surface area contributed by atoms with E-state index in [-0.39, 0.29) is 17.0 Å². The Morgan fingerprint density at radius 1 is 0.867 bits per heavy atom. The van der Waals surface area contributed by atoms with Crippen LogP contribution in [0.1, 0.15) is 65.9 Å². The second-order valence-electron chi connectivity index (χ2n) is 9.20. The van der Waals surface area contributed by atoms with Gasteiger partial charge in [-0.2, -0.15) is 0 Å². The van der Waals surface area contributed by atoms with E-state index < -0.39 is 10.0 Å². The average molecular weight is 546 g/mol. The molecule has 2 N–H and O–H groups in total. The molecular weight excluding hydrogens is 507 g/mol. The Bertz CT molecular complexity index is 684. The molecule has 1 aromatic carbocycles. The number of benzene rings is 1. The summed E-state index contributed by atoms with van der Waals surface area (Å²) < 4.78 is 28.3. The molecule has 2 fully saturated rings. The third-order valence-electron chi connectivity index (χ3n) is 7.52. The Morgan fingerprint density at radius 2 is 1.27 bits per heavy atom. The van der Waals surface area contributed by atoms with Gasteiger partial charge in [0, 0.05) is 4.90 Å². The first-order valence-corrected chi connectivity index (χ1v) is 14.5. The summed E-state index contributed by atoms with van der Waals surface area (Å²) in [5.74, 6) is 4.68. The molecule has 30 heavy (non-hydrogen) atoms. The van der Waals surface area contributed by atoms with E-state index in [1.165, 1.54) is 0 Å². The van der Waals surface area contributed by atoms with Crippen LogP contribution in [-0.4, -0.2) is 20.5 Å². The molecule has 174 valence electrons. The molecule has 0 amide bonds. The summed E-state index contributed by atoms with van der Waals surface area (Å²) in [6.07, 6.45) is 3.70. The van der Waals surface area contributed by atoms with Crippen molar-refractivity contribution in [2.75, 3.05) is 0 Å². The molecule has 7 heteroatoms. The van der Waals surface area contributed by atoms with Gasteiger partial charge in [0.1, 0.15) is 10.0 Å². The van der Waals surface area contributed by atoms with Crippen LogP contribution in [-0.2, 0) is 27.3 Å². The number of halogens is 1. The number of hydrogen-bond donors (Lipinski definition) is 1. The average Bonchev–Trinajstić information content (AvgIpc) is 2.89. The Balaban J connectivity index is 0.000000318. The van der Waals surface area contributed by atoms with Crippen LogP contribution in [0.2, 0.25) is 0 Å². The molecule has 0 aliphatic heterocycles. The molecule has 0 aromatic heterocycles. The van der Waals surface area contributed by atoms with Gasteiger partial charge in [-0.05, 0) is 61.1 Å². The summed E-state index contributed by atoms with van der Waals surface area (Å²) in [6, 6.07) is 6.38. The molecule has 1 aromatic rings. The standard InChI is InChI=1S/C13H19N2O2S.C10H20.ClH.Rh/c1-10-6-8-11(9-7-10)18(16,17)15-13-5-3-2-4-12(13)14;1-6-7(2)9(4)10(5)8(6)3;;/h6-9,12-13H,2-5,14H2,1H3;6-10H,1-5H3;1H;/q-1;;;+3/p-1/t12-,13-;;;/m1.../s1. The van der Waals surface area contributed by atoms with Crippen LogP contribution in [0.25, 0.3) is 4.72 Å². The van der Waals surface area contributed by atoms with Crippen LogP contribution >= 0.6 is 9.69 Å². The first-order chi connectivity index (χ1) is 14.0. The Labute approximate surface area is 198 Å². The van der Waals surface area contributed by atoms with Crippen LogP contribution in [0.15, 0.2) is 29.2 Å². The minimum absolute atomic E-state index is 0.126. The van der Waals surface area contributed by atoms with E-state index in [0.29, 0.717) is 0 Å². The van der Waals surface area contributed by atoms with Gasteiger partial charge < -0.3 is 10.5 Å². The zero-order valence-corrected chi connectivity index (χ0v) is 22.4. The van der Waals surface area contributed by atoms with E-state index in [9.17, 15) is 8.42 Å². The van der Waals surface area contributed by atoms with Crippen molar-refractivity contribution in [1.82, 2.24) is 0 Å². The second kappa shape index (κ2) is 12.9. The van der Waals surface area contributed by atoms with Gasteiger partial charge in [0.2, 0.25) is 0 Å². The molecule has 2 aliphatic rings. The maximum absolute atomic E-state index is 12.1. The molecular formula is C23H39ClN2O2RhS+. The number of sulfonamides is 1. The van der Waals surface area contributed by atoms with E-state index >= 15 is 0 Å². The third-order valence-corrected chi connectivity index (χ3v) is 8.94. The molecule has 0 saturated heterocycles. The van der Waals surface area contributed by atoms with Gasteiger partial charge in [0.15, 0.2) is 0 Å². The molecule has 0 radical (unpaired) electrons. The second-order valence-corrected chi connectivity index (χ2v) is 10.8. The van der Waals surface area contributed by atoms with E-state index in [0.717, 1.165) is 60.8 Å². The summed E-state index contributed by atoms with van der Waals surface area (Å²) >= 11 is 2.02. The van der Waals surface area contributed by atoms with Crippen LogP contribution in [0, 0.1) is 36.5 Å². The van der Waals surface area contributed by atoms with Gasteiger partial charge in [0.05, 0.1) is 0 Å². The van der Waals surface area contributed by atoms with E-state index in [1.54, 1.807) is 24.3 Å². The molecule has 0 unspecified atom stereocenters. The van der Waals surface area contributed by atoms with Gasteiger partial charge in [-0.3, -0.25) is 0 Å². The predicted molar refractivity (Wildman–Crippen MR) is 124 cm³/mol. The van der Waals surface area contributed by atoms with Gasteiger partial charge >= 0.3 is 27.0 Å². The van der Waals surface area contributed by atoms with Gasteiger partial charge in [-0.1, -0.05) is 71.6 Å². The summed E-state index contributed by atoms with van der Waals surface area (Å²) in [6.45, 7) is 13.9.